The Kier molecular flexibility index (Phi) is 5.58. The van der Waals surface area contributed by atoms with Gasteiger partial charge in [0, 0.05) is 22.7 Å². The van der Waals surface area contributed by atoms with Gasteiger partial charge in [0.05, 0.1) is 0 Å². The predicted molar refractivity (Wildman–Crippen MR) is 109 cm³/mol. The molecule has 2 aliphatic rings. The molecular formula is C23H26ClNO3. The van der Waals surface area contributed by atoms with E-state index < -0.39 is 0 Å². The van der Waals surface area contributed by atoms with E-state index >= 15 is 0 Å². The second-order valence-electron chi connectivity index (χ2n) is 8.05. The van der Waals surface area contributed by atoms with Crippen molar-refractivity contribution in [1.82, 2.24) is 4.98 Å². The van der Waals surface area contributed by atoms with E-state index in [0.717, 1.165) is 42.5 Å². The Morgan fingerprint density at radius 2 is 1.82 bits per heavy atom. The largest absolute Gasteiger partial charge is 0.458 e. The second-order valence-corrected chi connectivity index (χ2v) is 8.45. The first-order valence-corrected chi connectivity index (χ1v) is 10.6. The Bertz CT molecular complexity index is 893. The molecule has 1 aromatic heterocycles. The summed E-state index contributed by atoms with van der Waals surface area (Å²) in [6, 6.07) is 7.66. The third kappa shape index (κ3) is 3.75. The Hall–Kier alpha value is -2.07. The first kappa shape index (κ1) is 19.3. The number of esters is 1. The molecule has 0 bridgehead atoms. The average Bonchev–Trinajstić information content (AvgIpc) is 2.84. The van der Waals surface area contributed by atoms with Crippen molar-refractivity contribution in [3.05, 3.63) is 57.4 Å². The van der Waals surface area contributed by atoms with Crippen LogP contribution in [0.2, 0.25) is 5.02 Å². The standard InChI is InChI=1S/C23H26ClNO3/c1-14-21-19(12-15(13-20(21)26)17-10-6-7-11-18(17)24)25-22(14)23(27)28-16-8-4-2-3-5-9-16/h6-7,10-11,15-16,25H,2-5,8-9,12-13H2,1H3/t15-/m0/s1. The molecule has 28 heavy (non-hydrogen) atoms. The number of Topliss-reactive ketones (excluding diaryl/α,β-unsaturated/α-hetero) is 1. The van der Waals surface area contributed by atoms with E-state index in [2.05, 4.69) is 4.98 Å². The molecule has 1 saturated carbocycles. The molecule has 0 unspecified atom stereocenters. The highest BCUT2D eigenvalue weighted by Crippen LogP contribution is 2.37. The van der Waals surface area contributed by atoms with Crippen LogP contribution in [0.25, 0.3) is 0 Å². The summed E-state index contributed by atoms with van der Waals surface area (Å²) in [5.41, 5.74) is 3.62. The van der Waals surface area contributed by atoms with E-state index in [4.69, 9.17) is 16.3 Å². The molecule has 2 aromatic rings. The summed E-state index contributed by atoms with van der Waals surface area (Å²) < 4.78 is 5.78. The fraction of sp³-hybridized carbons (Fsp3) is 0.478. The minimum atomic E-state index is -0.333. The lowest BCUT2D eigenvalue weighted by Gasteiger charge is -2.22. The minimum Gasteiger partial charge on any atom is -0.458 e. The van der Waals surface area contributed by atoms with Crippen molar-refractivity contribution in [2.24, 2.45) is 0 Å². The fourth-order valence-corrected chi connectivity index (χ4v) is 4.92. The molecule has 1 heterocycles. The summed E-state index contributed by atoms with van der Waals surface area (Å²) in [5, 5.41) is 0.681. The smallest absolute Gasteiger partial charge is 0.355 e. The van der Waals surface area contributed by atoms with E-state index in [1.54, 1.807) is 0 Å². The van der Waals surface area contributed by atoms with Gasteiger partial charge in [0.15, 0.2) is 5.78 Å². The quantitative estimate of drug-likeness (QED) is 0.526. The van der Waals surface area contributed by atoms with Gasteiger partial charge < -0.3 is 9.72 Å². The molecule has 0 spiro atoms. The van der Waals surface area contributed by atoms with Crippen LogP contribution in [0.15, 0.2) is 24.3 Å². The van der Waals surface area contributed by atoms with Crippen molar-refractivity contribution in [2.45, 2.75) is 70.3 Å². The summed E-state index contributed by atoms with van der Waals surface area (Å²) in [5.74, 6) is -0.244. The first-order valence-electron chi connectivity index (χ1n) is 10.2. The number of ketones is 1. The molecule has 5 heteroatoms. The maximum atomic E-state index is 12.9. The third-order valence-corrected chi connectivity index (χ3v) is 6.46. The maximum absolute atomic E-state index is 12.9. The van der Waals surface area contributed by atoms with Gasteiger partial charge in [0.1, 0.15) is 11.8 Å². The van der Waals surface area contributed by atoms with E-state index in [1.807, 2.05) is 31.2 Å². The molecule has 0 saturated heterocycles. The number of fused-ring (bicyclic) bond motifs is 1. The van der Waals surface area contributed by atoms with Crippen molar-refractivity contribution in [2.75, 3.05) is 0 Å². The number of rotatable bonds is 3. The number of hydrogen-bond donors (Lipinski definition) is 1. The highest BCUT2D eigenvalue weighted by molar-refractivity contribution is 6.31. The summed E-state index contributed by atoms with van der Waals surface area (Å²) in [6.07, 6.45) is 7.56. The zero-order valence-corrected chi connectivity index (χ0v) is 17.0. The van der Waals surface area contributed by atoms with Crippen LogP contribution in [0.3, 0.4) is 0 Å². The van der Waals surface area contributed by atoms with Gasteiger partial charge in [-0.05, 0) is 62.1 Å². The summed E-state index contributed by atoms with van der Waals surface area (Å²) >= 11 is 6.35. The number of hydrogen-bond acceptors (Lipinski definition) is 3. The summed E-state index contributed by atoms with van der Waals surface area (Å²) in [4.78, 5) is 28.9. The van der Waals surface area contributed by atoms with Crippen molar-refractivity contribution >= 4 is 23.4 Å². The zero-order chi connectivity index (χ0) is 19.7. The Labute approximate surface area is 170 Å². The predicted octanol–water partition coefficient (Wildman–Crippen LogP) is 5.77. The summed E-state index contributed by atoms with van der Waals surface area (Å²) in [7, 11) is 0. The number of H-pyrrole nitrogens is 1. The molecule has 2 aliphatic carbocycles. The number of carbonyl (C=O) groups excluding carboxylic acids is 2. The Morgan fingerprint density at radius 1 is 1.11 bits per heavy atom. The SMILES string of the molecule is Cc1c(C(=O)OC2CCCCCC2)[nH]c2c1C(=O)C[C@@H](c1ccccc1Cl)C2. The lowest BCUT2D eigenvalue weighted by Crippen LogP contribution is -2.19. The van der Waals surface area contributed by atoms with Crippen molar-refractivity contribution in [3.8, 4) is 0 Å². The molecule has 1 fully saturated rings. The van der Waals surface area contributed by atoms with E-state index in [0.29, 0.717) is 29.1 Å². The van der Waals surface area contributed by atoms with E-state index in [1.165, 1.54) is 12.8 Å². The van der Waals surface area contributed by atoms with Gasteiger partial charge >= 0.3 is 5.97 Å². The monoisotopic (exact) mass is 399 g/mol. The van der Waals surface area contributed by atoms with E-state index in [-0.39, 0.29) is 23.8 Å². The molecule has 1 N–H and O–H groups in total. The molecule has 0 radical (unpaired) electrons. The maximum Gasteiger partial charge on any atom is 0.355 e. The van der Waals surface area contributed by atoms with Gasteiger partial charge in [-0.2, -0.15) is 0 Å². The van der Waals surface area contributed by atoms with Crippen LogP contribution in [-0.4, -0.2) is 22.8 Å². The highest BCUT2D eigenvalue weighted by atomic mass is 35.5. The van der Waals surface area contributed by atoms with Gasteiger partial charge in [-0.3, -0.25) is 4.79 Å². The van der Waals surface area contributed by atoms with Crippen LogP contribution in [0.1, 0.15) is 88.5 Å². The lowest BCUT2D eigenvalue weighted by molar-refractivity contribution is 0.0260. The lowest BCUT2D eigenvalue weighted by atomic mass is 9.81. The summed E-state index contributed by atoms with van der Waals surface area (Å²) in [6.45, 7) is 1.84. The number of halogens is 1. The molecule has 4 nitrogen and oxygen atoms in total. The number of nitrogens with one attached hydrogen (secondary N) is 1. The number of carbonyl (C=O) groups is 2. The van der Waals surface area contributed by atoms with Gasteiger partial charge in [0.25, 0.3) is 0 Å². The van der Waals surface area contributed by atoms with Gasteiger partial charge in [-0.1, -0.05) is 42.6 Å². The second kappa shape index (κ2) is 8.12. The van der Waals surface area contributed by atoms with Crippen LogP contribution in [0, 0.1) is 6.92 Å². The van der Waals surface area contributed by atoms with Crippen LogP contribution < -0.4 is 0 Å². The molecular weight excluding hydrogens is 374 g/mol. The Balaban J connectivity index is 1.57. The zero-order valence-electron chi connectivity index (χ0n) is 16.2. The molecule has 1 aromatic carbocycles. The van der Waals surface area contributed by atoms with E-state index in [9.17, 15) is 9.59 Å². The van der Waals surface area contributed by atoms with Crippen molar-refractivity contribution in [1.29, 1.82) is 0 Å². The van der Waals surface area contributed by atoms with Gasteiger partial charge in [-0.15, -0.1) is 0 Å². The van der Waals surface area contributed by atoms with Gasteiger partial charge in [0.2, 0.25) is 0 Å². The number of aromatic nitrogens is 1. The number of ether oxygens (including phenoxy) is 1. The average molecular weight is 400 g/mol. The van der Waals surface area contributed by atoms with Crippen LogP contribution in [0.4, 0.5) is 0 Å². The van der Waals surface area contributed by atoms with Crippen LogP contribution in [-0.2, 0) is 11.2 Å². The molecule has 0 amide bonds. The van der Waals surface area contributed by atoms with Crippen LogP contribution >= 0.6 is 11.6 Å². The molecule has 4 rings (SSSR count). The molecule has 1 atom stereocenters. The van der Waals surface area contributed by atoms with Crippen molar-refractivity contribution in [3.63, 3.8) is 0 Å². The van der Waals surface area contributed by atoms with Crippen LogP contribution in [0.5, 0.6) is 0 Å². The molecule has 148 valence electrons. The third-order valence-electron chi connectivity index (χ3n) is 6.11. The molecule has 0 aliphatic heterocycles. The highest BCUT2D eigenvalue weighted by Gasteiger charge is 2.33. The number of benzene rings is 1. The topological polar surface area (TPSA) is 59.2 Å². The number of aromatic amines is 1. The normalized spacial score (nSPS) is 20.5. The first-order chi connectivity index (χ1) is 13.5. The minimum absolute atomic E-state index is 0.0127. The fourth-order valence-electron chi connectivity index (χ4n) is 4.63. The Morgan fingerprint density at radius 3 is 2.54 bits per heavy atom. The van der Waals surface area contributed by atoms with Gasteiger partial charge in [-0.25, -0.2) is 4.79 Å². The van der Waals surface area contributed by atoms with Crippen molar-refractivity contribution < 1.29 is 14.3 Å².